The van der Waals surface area contributed by atoms with Gasteiger partial charge in [0, 0.05) is 38.4 Å². The molecule has 4 heterocycles. The fourth-order valence-corrected chi connectivity index (χ4v) is 4.44. The zero-order chi connectivity index (χ0) is 17.1. The molecule has 5 rings (SSSR count). The molecule has 4 aliphatic rings. The molecule has 5 heteroatoms. The number of amides is 1. The van der Waals surface area contributed by atoms with E-state index in [9.17, 15) is 4.79 Å². The molecule has 1 aromatic carbocycles. The van der Waals surface area contributed by atoms with E-state index in [0.29, 0.717) is 0 Å². The quantitative estimate of drug-likeness (QED) is 0.908. The Hall–Kier alpha value is -1.43. The Morgan fingerprint density at radius 3 is 2.76 bits per heavy atom. The largest absolute Gasteiger partial charge is 0.325 e. The first-order valence-electron chi connectivity index (χ1n) is 9.86. The molecule has 0 spiro atoms. The second-order valence-electron chi connectivity index (χ2n) is 7.73. The van der Waals surface area contributed by atoms with E-state index in [-0.39, 0.29) is 11.9 Å². The summed E-state index contributed by atoms with van der Waals surface area (Å²) >= 11 is 0. The number of hydrogen-bond donors (Lipinski definition) is 1. The molecule has 136 valence electrons. The van der Waals surface area contributed by atoms with Gasteiger partial charge in [-0.05, 0) is 56.6 Å². The molecule has 0 aliphatic carbocycles. The molecular formula is C20H30N4O. The normalized spacial score (nSPS) is 30.0. The monoisotopic (exact) mass is 342 g/mol. The summed E-state index contributed by atoms with van der Waals surface area (Å²) in [5.41, 5.74) is 2.24. The van der Waals surface area contributed by atoms with Crippen LogP contribution in [-0.2, 0) is 11.3 Å². The van der Waals surface area contributed by atoms with Gasteiger partial charge in [-0.2, -0.15) is 0 Å². The van der Waals surface area contributed by atoms with Gasteiger partial charge < -0.3 is 5.32 Å². The molecule has 1 aromatic rings. The van der Waals surface area contributed by atoms with Crippen LogP contribution in [0.25, 0.3) is 0 Å². The van der Waals surface area contributed by atoms with Crippen LogP contribution in [0.15, 0.2) is 24.3 Å². The van der Waals surface area contributed by atoms with Gasteiger partial charge in [0.15, 0.2) is 0 Å². The van der Waals surface area contributed by atoms with Crippen LogP contribution in [0, 0.1) is 0 Å². The number of carbonyl (C=O) groups is 1. The van der Waals surface area contributed by atoms with Crippen LogP contribution in [0.4, 0.5) is 5.69 Å². The smallest absolute Gasteiger partial charge is 0.243 e. The van der Waals surface area contributed by atoms with Crippen molar-refractivity contribution in [2.75, 3.05) is 51.1 Å². The summed E-state index contributed by atoms with van der Waals surface area (Å²) in [5, 5.41) is 3.18. The van der Waals surface area contributed by atoms with Crippen molar-refractivity contribution in [2.45, 2.75) is 38.3 Å². The lowest BCUT2D eigenvalue weighted by molar-refractivity contribution is -0.122. The number of likely N-dealkylation sites (tertiary alicyclic amines) is 1. The third-order valence-corrected chi connectivity index (χ3v) is 5.85. The average molecular weight is 342 g/mol. The summed E-state index contributed by atoms with van der Waals surface area (Å²) in [6.45, 7) is 8.57. The van der Waals surface area contributed by atoms with Crippen LogP contribution in [0.5, 0.6) is 0 Å². The summed E-state index contributed by atoms with van der Waals surface area (Å²) < 4.78 is 0. The van der Waals surface area contributed by atoms with Gasteiger partial charge in [0.05, 0.1) is 0 Å². The Morgan fingerprint density at radius 1 is 1.00 bits per heavy atom. The second kappa shape index (κ2) is 7.85. The summed E-state index contributed by atoms with van der Waals surface area (Å²) in [6, 6.07) is 8.41. The third kappa shape index (κ3) is 4.22. The van der Waals surface area contributed by atoms with Crippen LogP contribution in [0.3, 0.4) is 0 Å². The highest BCUT2D eigenvalue weighted by Crippen LogP contribution is 2.19. The maximum atomic E-state index is 12.8. The second-order valence-corrected chi connectivity index (χ2v) is 7.73. The molecule has 4 saturated heterocycles. The van der Waals surface area contributed by atoms with Crippen LogP contribution in [0.1, 0.15) is 31.2 Å². The van der Waals surface area contributed by atoms with Crippen LogP contribution >= 0.6 is 0 Å². The Kier molecular flexibility index (Phi) is 5.34. The number of nitrogens with one attached hydrogen (secondary N) is 1. The van der Waals surface area contributed by atoms with Crippen molar-refractivity contribution in [3.8, 4) is 0 Å². The maximum Gasteiger partial charge on any atom is 0.243 e. The lowest BCUT2D eigenvalue weighted by Crippen LogP contribution is -2.55. The number of piperidine rings is 1. The number of piperazine rings is 1. The zero-order valence-corrected chi connectivity index (χ0v) is 15.1. The first kappa shape index (κ1) is 17.0. The van der Waals surface area contributed by atoms with E-state index in [1.807, 2.05) is 6.07 Å². The van der Waals surface area contributed by atoms with Gasteiger partial charge in [-0.1, -0.05) is 18.6 Å². The number of benzene rings is 1. The van der Waals surface area contributed by atoms with E-state index >= 15 is 0 Å². The maximum absolute atomic E-state index is 12.8. The molecule has 2 unspecified atom stereocenters. The standard InChI is InChI=1S/C20H30N4O/c25-20(19-16-23-10-5-11-24(19)13-12-23)21-18-7-4-6-17(14-18)15-22-8-2-1-3-9-22/h4,6-7,14,19H,1-3,5,8-13,15-16H2,(H,21,25)/t19-/m1/s1. The number of carbonyl (C=O) groups excluding carboxylic acids is 1. The first-order chi connectivity index (χ1) is 12.3. The van der Waals surface area contributed by atoms with Gasteiger partial charge in [0.1, 0.15) is 6.04 Å². The summed E-state index contributed by atoms with van der Waals surface area (Å²) in [4.78, 5) is 20.1. The SMILES string of the molecule is O=C(Nc1cccc(CN2CCCCC2)c1)[C@H]1CN2CCCN1CC2. The molecule has 3 atom stereocenters. The minimum Gasteiger partial charge on any atom is -0.325 e. The molecule has 0 radical (unpaired) electrons. The fraction of sp³-hybridized carbons (Fsp3) is 0.650. The topological polar surface area (TPSA) is 38.8 Å². The van der Waals surface area contributed by atoms with Gasteiger partial charge in [-0.3, -0.25) is 19.5 Å². The van der Waals surface area contributed by atoms with Gasteiger partial charge in [-0.15, -0.1) is 0 Å². The lowest BCUT2D eigenvalue weighted by Gasteiger charge is -2.36. The summed E-state index contributed by atoms with van der Waals surface area (Å²) in [7, 11) is 0. The van der Waals surface area contributed by atoms with E-state index in [2.05, 4.69) is 38.2 Å². The van der Waals surface area contributed by atoms with Crippen molar-refractivity contribution in [2.24, 2.45) is 0 Å². The van der Waals surface area contributed by atoms with Crippen molar-refractivity contribution in [1.29, 1.82) is 0 Å². The predicted octanol–water partition coefficient (Wildman–Crippen LogP) is 2.00. The molecule has 1 amide bonds. The van der Waals surface area contributed by atoms with Crippen LogP contribution in [0.2, 0.25) is 0 Å². The Morgan fingerprint density at radius 2 is 1.88 bits per heavy atom. The Bertz CT molecular complexity index is 595. The molecule has 0 aromatic heterocycles. The summed E-state index contributed by atoms with van der Waals surface area (Å²) in [5.74, 6) is 0.154. The van der Waals surface area contributed by atoms with Gasteiger partial charge >= 0.3 is 0 Å². The van der Waals surface area contributed by atoms with Crippen LogP contribution < -0.4 is 5.32 Å². The highest BCUT2D eigenvalue weighted by Gasteiger charge is 2.34. The lowest BCUT2D eigenvalue weighted by atomic mass is 10.1. The molecule has 25 heavy (non-hydrogen) atoms. The van der Waals surface area contributed by atoms with Crippen molar-refractivity contribution >= 4 is 11.6 Å². The average Bonchev–Trinajstić information content (AvgIpc) is 2.99. The summed E-state index contributed by atoms with van der Waals surface area (Å²) in [6.07, 6.45) is 5.16. The van der Waals surface area contributed by atoms with E-state index in [4.69, 9.17) is 0 Å². The number of anilines is 1. The van der Waals surface area contributed by atoms with E-state index < -0.39 is 0 Å². The van der Waals surface area contributed by atoms with Crippen molar-refractivity contribution in [3.63, 3.8) is 0 Å². The van der Waals surface area contributed by atoms with Gasteiger partial charge in [0.25, 0.3) is 0 Å². The minimum absolute atomic E-state index is 0.00185. The van der Waals surface area contributed by atoms with Crippen molar-refractivity contribution in [3.05, 3.63) is 29.8 Å². The highest BCUT2D eigenvalue weighted by molar-refractivity contribution is 5.95. The van der Waals surface area contributed by atoms with E-state index in [1.165, 1.54) is 44.3 Å². The number of hydrogen-bond acceptors (Lipinski definition) is 4. The van der Waals surface area contributed by atoms with Crippen molar-refractivity contribution < 1.29 is 4.79 Å². The Labute approximate surface area is 151 Å². The van der Waals surface area contributed by atoms with Crippen LogP contribution in [-0.4, -0.2) is 72.5 Å². The molecule has 4 fully saturated rings. The molecule has 1 N–H and O–H groups in total. The molecule has 0 saturated carbocycles. The minimum atomic E-state index is 0.00185. The zero-order valence-electron chi connectivity index (χ0n) is 15.1. The number of nitrogens with zero attached hydrogens (tertiary/aromatic N) is 3. The number of rotatable bonds is 4. The third-order valence-electron chi connectivity index (χ3n) is 5.85. The molecular weight excluding hydrogens is 312 g/mol. The molecule has 4 aliphatic heterocycles. The fourth-order valence-electron chi connectivity index (χ4n) is 4.44. The Balaban J connectivity index is 1.38. The molecule has 2 bridgehead atoms. The van der Waals surface area contributed by atoms with E-state index in [0.717, 1.165) is 45.0 Å². The highest BCUT2D eigenvalue weighted by atomic mass is 16.2. The van der Waals surface area contributed by atoms with E-state index in [1.54, 1.807) is 0 Å². The van der Waals surface area contributed by atoms with Crippen molar-refractivity contribution in [1.82, 2.24) is 14.7 Å². The van der Waals surface area contributed by atoms with Gasteiger partial charge in [0.2, 0.25) is 5.91 Å². The number of fused-ring (bicyclic) bond motifs is 4. The first-order valence-corrected chi connectivity index (χ1v) is 9.86. The molecule has 5 nitrogen and oxygen atoms in total. The van der Waals surface area contributed by atoms with Gasteiger partial charge in [-0.25, -0.2) is 0 Å². The predicted molar refractivity (Wildman–Crippen MR) is 101 cm³/mol.